The number of amides is 1. The van der Waals surface area contributed by atoms with Crippen molar-refractivity contribution in [2.45, 2.75) is 13.0 Å². The molecule has 9 nitrogen and oxygen atoms in total. The van der Waals surface area contributed by atoms with Gasteiger partial charge in [0, 0.05) is 36.2 Å². The Hall–Kier alpha value is -5.57. The van der Waals surface area contributed by atoms with Crippen molar-refractivity contribution in [2.24, 2.45) is 0 Å². The van der Waals surface area contributed by atoms with Gasteiger partial charge in [0.05, 0.1) is 11.4 Å². The molecule has 0 saturated carbocycles. The van der Waals surface area contributed by atoms with Crippen molar-refractivity contribution in [3.63, 3.8) is 0 Å². The number of benzene rings is 2. The van der Waals surface area contributed by atoms with E-state index in [0.29, 0.717) is 22.4 Å². The number of nitrogens with two attached hydrogens (primary N) is 1. The average Bonchev–Trinajstić information content (AvgIpc) is 3.32. The standard InChI is InChI=1S/C31H25N7O2/c1-20(35-30(39)27-28(32)36-37-17-7-16-34-29(27)37)25-18-23-10-5-9-22(14-13-21-8-6-15-33-19-21)26(23)31(40)38(25)24-11-3-2-4-12-24/h2-20H,1H3,(H2,32,36)(H,35,39)/b14-13+/t20-/m0/s1. The van der Waals surface area contributed by atoms with Gasteiger partial charge in [-0.05, 0) is 53.8 Å². The number of carbonyl (C=O) groups is 1. The maximum Gasteiger partial charge on any atom is 0.263 e. The fourth-order valence-corrected chi connectivity index (χ4v) is 4.83. The van der Waals surface area contributed by atoms with Gasteiger partial charge in [-0.1, -0.05) is 54.6 Å². The second-order valence-corrected chi connectivity index (χ2v) is 9.32. The van der Waals surface area contributed by atoms with Gasteiger partial charge in [-0.2, -0.15) is 0 Å². The highest BCUT2D eigenvalue weighted by atomic mass is 16.2. The lowest BCUT2D eigenvalue weighted by Crippen LogP contribution is -2.32. The van der Waals surface area contributed by atoms with E-state index in [1.165, 1.54) is 4.52 Å². The fraction of sp³-hybridized carbons (Fsp3) is 0.0645. The van der Waals surface area contributed by atoms with Gasteiger partial charge in [0.15, 0.2) is 11.5 Å². The molecular weight excluding hydrogens is 502 g/mol. The molecule has 196 valence electrons. The number of nitrogens with zero attached hydrogens (tertiary/aromatic N) is 5. The zero-order valence-corrected chi connectivity index (χ0v) is 21.6. The number of nitrogens with one attached hydrogen (secondary N) is 1. The van der Waals surface area contributed by atoms with E-state index in [-0.39, 0.29) is 16.9 Å². The first-order valence-electron chi connectivity index (χ1n) is 12.7. The van der Waals surface area contributed by atoms with Crippen LogP contribution in [0.3, 0.4) is 0 Å². The summed E-state index contributed by atoms with van der Waals surface area (Å²) in [5.41, 5.74) is 9.44. The molecule has 40 heavy (non-hydrogen) atoms. The molecule has 1 amide bonds. The molecule has 4 aromatic heterocycles. The van der Waals surface area contributed by atoms with Crippen molar-refractivity contribution in [1.29, 1.82) is 0 Å². The molecule has 1 atom stereocenters. The molecule has 0 aliphatic carbocycles. The Kier molecular flexibility index (Phi) is 6.37. The summed E-state index contributed by atoms with van der Waals surface area (Å²) in [4.78, 5) is 36.0. The van der Waals surface area contributed by atoms with Crippen LogP contribution in [0.5, 0.6) is 0 Å². The zero-order valence-electron chi connectivity index (χ0n) is 21.6. The number of aromatic nitrogens is 5. The molecule has 4 heterocycles. The van der Waals surface area contributed by atoms with E-state index in [1.54, 1.807) is 35.4 Å². The lowest BCUT2D eigenvalue weighted by molar-refractivity contribution is 0.0941. The molecule has 9 heteroatoms. The van der Waals surface area contributed by atoms with Crippen LogP contribution >= 0.6 is 0 Å². The minimum Gasteiger partial charge on any atom is -0.381 e. The first-order valence-corrected chi connectivity index (χ1v) is 12.7. The fourth-order valence-electron chi connectivity index (χ4n) is 4.83. The normalized spacial score (nSPS) is 12.2. The van der Waals surface area contributed by atoms with Crippen molar-refractivity contribution < 1.29 is 4.79 Å². The van der Waals surface area contributed by atoms with Crippen LogP contribution in [0.2, 0.25) is 0 Å². The summed E-state index contributed by atoms with van der Waals surface area (Å²) < 4.78 is 3.11. The van der Waals surface area contributed by atoms with Gasteiger partial charge in [-0.25, -0.2) is 9.50 Å². The van der Waals surface area contributed by atoms with Crippen molar-refractivity contribution in [3.05, 3.63) is 130 Å². The van der Waals surface area contributed by atoms with E-state index in [9.17, 15) is 9.59 Å². The Balaban J connectivity index is 1.47. The minimum absolute atomic E-state index is 0.0763. The predicted octanol–water partition coefficient (Wildman–Crippen LogP) is 4.67. The highest BCUT2D eigenvalue weighted by Gasteiger charge is 2.23. The van der Waals surface area contributed by atoms with E-state index >= 15 is 0 Å². The molecule has 0 spiro atoms. The van der Waals surface area contributed by atoms with E-state index in [0.717, 1.165) is 16.5 Å². The van der Waals surface area contributed by atoms with Gasteiger partial charge in [-0.3, -0.25) is 19.1 Å². The summed E-state index contributed by atoms with van der Waals surface area (Å²) in [5, 5.41) is 8.53. The molecule has 6 aromatic rings. The molecule has 0 aliphatic rings. The van der Waals surface area contributed by atoms with Gasteiger partial charge >= 0.3 is 0 Å². The van der Waals surface area contributed by atoms with Crippen molar-refractivity contribution in [2.75, 3.05) is 5.73 Å². The van der Waals surface area contributed by atoms with Gasteiger partial charge in [0.1, 0.15) is 5.56 Å². The summed E-state index contributed by atoms with van der Waals surface area (Å²) >= 11 is 0. The Morgan fingerprint density at radius 3 is 2.65 bits per heavy atom. The summed E-state index contributed by atoms with van der Waals surface area (Å²) in [5.74, 6) is -0.355. The third-order valence-electron chi connectivity index (χ3n) is 6.70. The lowest BCUT2D eigenvalue weighted by atomic mass is 10.0. The molecule has 2 aromatic carbocycles. The number of hydrogen-bond acceptors (Lipinski definition) is 6. The second kappa shape index (κ2) is 10.3. The van der Waals surface area contributed by atoms with Crippen molar-refractivity contribution >= 4 is 40.3 Å². The first kappa shape index (κ1) is 24.7. The van der Waals surface area contributed by atoms with Gasteiger partial charge in [-0.15, -0.1) is 5.10 Å². The number of nitrogen functional groups attached to an aromatic ring is 1. The number of hydrogen-bond donors (Lipinski definition) is 2. The van der Waals surface area contributed by atoms with E-state index in [4.69, 9.17) is 5.73 Å². The Labute approximate surface area is 229 Å². The zero-order chi connectivity index (χ0) is 27.6. The van der Waals surface area contributed by atoms with Crippen LogP contribution in [0.4, 0.5) is 5.82 Å². The number of fused-ring (bicyclic) bond motifs is 2. The largest absolute Gasteiger partial charge is 0.381 e. The van der Waals surface area contributed by atoms with E-state index in [1.807, 2.05) is 85.8 Å². The summed E-state index contributed by atoms with van der Waals surface area (Å²) in [6.07, 6.45) is 10.6. The second-order valence-electron chi connectivity index (χ2n) is 9.32. The van der Waals surface area contributed by atoms with Crippen molar-refractivity contribution in [3.8, 4) is 5.69 Å². The predicted molar refractivity (Wildman–Crippen MR) is 156 cm³/mol. The molecule has 6 rings (SSSR count). The highest BCUT2D eigenvalue weighted by molar-refractivity contribution is 6.04. The minimum atomic E-state index is -0.558. The number of para-hydroxylation sites is 1. The third-order valence-corrected chi connectivity index (χ3v) is 6.70. The molecular formula is C31H25N7O2. The molecule has 0 saturated heterocycles. The topological polar surface area (TPSA) is 120 Å². The Morgan fingerprint density at radius 1 is 1.00 bits per heavy atom. The third kappa shape index (κ3) is 4.49. The maximum absolute atomic E-state index is 14.2. The molecule has 0 aliphatic heterocycles. The first-order chi connectivity index (χ1) is 19.5. The number of anilines is 1. The van der Waals surface area contributed by atoms with Crippen molar-refractivity contribution in [1.82, 2.24) is 29.5 Å². The van der Waals surface area contributed by atoms with Crippen LogP contribution in [0, 0.1) is 0 Å². The number of pyridine rings is 2. The molecule has 3 N–H and O–H groups in total. The van der Waals surface area contributed by atoms with Gasteiger partial charge in [0.25, 0.3) is 11.5 Å². The van der Waals surface area contributed by atoms with E-state index < -0.39 is 11.9 Å². The Bertz CT molecular complexity index is 1940. The molecule has 0 fully saturated rings. The lowest BCUT2D eigenvalue weighted by Gasteiger charge is -2.21. The summed E-state index contributed by atoms with van der Waals surface area (Å²) in [6, 6.07) is 22.0. The highest BCUT2D eigenvalue weighted by Crippen LogP contribution is 2.25. The van der Waals surface area contributed by atoms with E-state index in [2.05, 4.69) is 20.4 Å². The monoisotopic (exact) mass is 527 g/mol. The van der Waals surface area contributed by atoms with Gasteiger partial charge in [0.2, 0.25) is 0 Å². The average molecular weight is 528 g/mol. The van der Waals surface area contributed by atoms with Crippen LogP contribution in [0.15, 0.2) is 102 Å². The molecule has 0 bridgehead atoms. The Morgan fingerprint density at radius 2 is 1.85 bits per heavy atom. The molecule has 0 radical (unpaired) electrons. The summed E-state index contributed by atoms with van der Waals surface area (Å²) in [7, 11) is 0. The quantitative estimate of drug-likeness (QED) is 0.325. The van der Waals surface area contributed by atoms with Crippen LogP contribution in [-0.2, 0) is 0 Å². The molecule has 0 unspecified atom stereocenters. The van der Waals surface area contributed by atoms with Crippen LogP contribution < -0.4 is 16.6 Å². The number of rotatable bonds is 6. The van der Waals surface area contributed by atoms with Crippen LogP contribution in [0.1, 0.15) is 40.1 Å². The van der Waals surface area contributed by atoms with Crippen LogP contribution in [-0.4, -0.2) is 30.1 Å². The number of carbonyl (C=O) groups excluding carboxylic acids is 1. The smallest absolute Gasteiger partial charge is 0.263 e. The maximum atomic E-state index is 14.2. The SMILES string of the molecule is C[C@H](NC(=O)c1c(N)nn2cccnc12)c1cc2cccc(/C=C/c3cccnc3)c2c(=O)n1-c1ccccc1. The van der Waals surface area contributed by atoms with Gasteiger partial charge < -0.3 is 11.1 Å². The summed E-state index contributed by atoms with van der Waals surface area (Å²) in [6.45, 7) is 1.83. The van der Waals surface area contributed by atoms with Crippen LogP contribution in [0.25, 0.3) is 34.3 Å².